The number of amides is 1. The Bertz CT molecular complexity index is 517. The zero-order valence-corrected chi connectivity index (χ0v) is 12.0. The summed E-state index contributed by atoms with van der Waals surface area (Å²) < 4.78 is 20.1. The highest BCUT2D eigenvalue weighted by atomic mass is 16.7. The van der Waals surface area contributed by atoms with E-state index in [2.05, 4.69) is 5.32 Å². The summed E-state index contributed by atoms with van der Waals surface area (Å²) in [5, 5.41) is 11.6. The molecular formula is C15H25NO7. The number of ether oxygens (including phenoxy) is 4. The van der Waals surface area contributed by atoms with Gasteiger partial charge in [0.15, 0.2) is 25.1 Å². The zero-order chi connectivity index (χ0) is 15.8. The van der Waals surface area contributed by atoms with Gasteiger partial charge in [-0.3, -0.25) is 4.79 Å². The number of nitrogens with one attached hydrogen (secondary N) is 1. The Labute approximate surface area is 136 Å². The maximum absolute atomic E-state index is 11.8. The van der Waals surface area contributed by atoms with Crippen LogP contribution in [0.4, 0.5) is 0 Å². The number of rotatable bonds is 8. The molecule has 0 fully saturated rings. The molecule has 0 saturated heterocycles. The highest BCUT2D eigenvalue weighted by Gasteiger charge is 2.21. The number of carboxylic acids is 1. The quantitative estimate of drug-likeness (QED) is 0.702. The molecule has 0 radical (unpaired) electrons. The van der Waals surface area contributed by atoms with Crippen molar-refractivity contribution in [3.63, 3.8) is 0 Å². The van der Waals surface area contributed by atoms with E-state index >= 15 is 0 Å². The van der Waals surface area contributed by atoms with E-state index in [1.165, 1.54) is 33.4 Å². The maximum atomic E-state index is 11.8. The average Bonchev–Trinajstić information content (AvgIpc) is 2.49. The fourth-order valence-corrected chi connectivity index (χ4v) is 1.53. The van der Waals surface area contributed by atoms with Crippen LogP contribution < -0.4 is 14.8 Å². The molecule has 0 spiro atoms. The van der Waals surface area contributed by atoms with E-state index in [4.69, 9.17) is 18.9 Å². The summed E-state index contributed by atoms with van der Waals surface area (Å²) in [6.45, 7) is -0.176. The normalized spacial score (nSPS) is 9.17. The van der Waals surface area contributed by atoms with Gasteiger partial charge in [-0.15, -0.1) is 0 Å². The Kier molecular flexibility index (Phi) is 11.3. The van der Waals surface area contributed by atoms with Crippen molar-refractivity contribution in [1.82, 2.24) is 5.32 Å². The molecule has 1 aromatic rings. The van der Waals surface area contributed by atoms with Crippen molar-refractivity contribution in [2.45, 2.75) is 14.9 Å². The molecule has 0 heterocycles. The molecule has 0 aliphatic rings. The van der Waals surface area contributed by atoms with Gasteiger partial charge in [0, 0.05) is 21.3 Å². The molecule has 1 aromatic carbocycles. The van der Waals surface area contributed by atoms with Gasteiger partial charge in [-0.1, -0.05) is 14.9 Å². The predicted molar refractivity (Wildman–Crippen MR) is 85.3 cm³/mol. The Morgan fingerprint density at radius 2 is 1.43 bits per heavy atom. The topological polar surface area (TPSA) is 103 Å². The highest BCUT2D eigenvalue weighted by Crippen LogP contribution is 2.31. The third-order valence-electron chi connectivity index (χ3n) is 2.45. The van der Waals surface area contributed by atoms with Crippen LogP contribution in [0.1, 0.15) is 35.6 Å². The van der Waals surface area contributed by atoms with Crippen LogP contribution in [-0.2, 0) is 9.47 Å². The van der Waals surface area contributed by atoms with Gasteiger partial charge in [0.05, 0.1) is 11.1 Å². The molecule has 0 aliphatic heterocycles. The largest absolute Gasteiger partial charge is 0.478 e. The number of carbonyl (C=O) groups is 2. The van der Waals surface area contributed by atoms with Gasteiger partial charge in [-0.2, -0.15) is 0 Å². The van der Waals surface area contributed by atoms with Crippen molar-refractivity contribution in [1.29, 1.82) is 0 Å². The molecule has 1 amide bonds. The van der Waals surface area contributed by atoms with Gasteiger partial charge in [0.1, 0.15) is 0 Å². The van der Waals surface area contributed by atoms with Crippen LogP contribution in [0, 0.1) is 0 Å². The van der Waals surface area contributed by atoms with Crippen LogP contribution in [0.3, 0.4) is 0 Å². The molecule has 8 heteroatoms. The van der Waals surface area contributed by atoms with Crippen molar-refractivity contribution in [2.24, 2.45) is 0 Å². The first-order valence-electron chi connectivity index (χ1n) is 5.92. The number of methoxy groups -OCH3 is 2. The fraction of sp³-hybridized carbons (Fsp3) is 0.467. The van der Waals surface area contributed by atoms with Crippen LogP contribution in [0.15, 0.2) is 12.1 Å². The van der Waals surface area contributed by atoms with Gasteiger partial charge >= 0.3 is 5.97 Å². The van der Waals surface area contributed by atoms with Crippen molar-refractivity contribution in [3.05, 3.63) is 23.3 Å². The Morgan fingerprint density at radius 3 is 1.78 bits per heavy atom. The second kappa shape index (κ2) is 11.3. The lowest BCUT2D eigenvalue weighted by Crippen LogP contribution is -2.21. The molecule has 0 aliphatic carbocycles. The SMILES string of the molecule is C.C.CNC(=O)c1cc(OCOC)c(OCOC)cc1C(=O)O. The number of carbonyl (C=O) groups excluding carboxylic acids is 1. The molecule has 8 nitrogen and oxygen atoms in total. The van der Waals surface area contributed by atoms with E-state index in [1.807, 2.05) is 0 Å². The summed E-state index contributed by atoms with van der Waals surface area (Å²) in [7, 11) is 4.26. The number of carboxylic acid groups (broad SMARTS) is 1. The Morgan fingerprint density at radius 1 is 1.00 bits per heavy atom. The molecule has 0 saturated carbocycles. The Balaban J connectivity index is 0. The molecule has 0 atom stereocenters. The molecule has 2 N–H and O–H groups in total. The fourth-order valence-electron chi connectivity index (χ4n) is 1.53. The number of hydrogen-bond acceptors (Lipinski definition) is 6. The minimum Gasteiger partial charge on any atom is -0.478 e. The van der Waals surface area contributed by atoms with Crippen molar-refractivity contribution >= 4 is 11.9 Å². The average molecular weight is 331 g/mol. The summed E-state index contributed by atoms with van der Waals surface area (Å²) in [5.41, 5.74) is -0.244. The van der Waals surface area contributed by atoms with E-state index in [-0.39, 0.29) is 51.1 Å². The Hall–Kier alpha value is -2.32. The highest BCUT2D eigenvalue weighted by molar-refractivity contribution is 6.05. The first kappa shape index (κ1) is 23.0. The van der Waals surface area contributed by atoms with Crippen LogP contribution in [-0.4, -0.2) is 51.8 Å². The van der Waals surface area contributed by atoms with Crippen molar-refractivity contribution in [3.8, 4) is 11.5 Å². The number of aromatic carboxylic acids is 1. The first-order chi connectivity index (χ1) is 10.0. The molecule has 132 valence electrons. The van der Waals surface area contributed by atoms with Crippen molar-refractivity contribution < 1.29 is 33.6 Å². The maximum Gasteiger partial charge on any atom is 0.336 e. The molecule has 0 bridgehead atoms. The molecule has 1 rings (SSSR count). The van der Waals surface area contributed by atoms with E-state index in [0.29, 0.717) is 0 Å². The van der Waals surface area contributed by atoms with Gasteiger partial charge in [0.25, 0.3) is 5.91 Å². The van der Waals surface area contributed by atoms with E-state index in [9.17, 15) is 14.7 Å². The third-order valence-corrected chi connectivity index (χ3v) is 2.45. The summed E-state index contributed by atoms with van der Waals surface area (Å²) in [4.78, 5) is 23.0. The second-order valence-electron chi connectivity index (χ2n) is 3.83. The minimum atomic E-state index is -1.26. The lowest BCUT2D eigenvalue weighted by Gasteiger charge is -2.14. The third kappa shape index (κ3) is 6.13. The monoisotopic (exact) mass is 331 g/mol. The van der Waals surface area contributed by atoms with E-state index in [1.54, 1.807) is 0 Å². The summed E-state index contributed by atoms with van der Waals surface area (Å²) in [6.07, 6.45) is 0. The van der Waals surface area contributed by atoms with E-state index < -0.39 is 11.9 Å². The number of benzene rings is 1. The van der Waals surface area contributed by atoms with Crippen LogP contribution in [0.5, 0.6) is 11.5 Å². The summed E-state index contributed by atoms with van der Waals surface area (Å²) >= 11 is 0. The first-order valence-corrected chi connectivity index (χ1v) is 5.92. The molecular weight excluding hydrogens is 306 g/mol. The summed E-state index contributed by atoms with van der Waals surface area (Å²) in [6, 6.07) is 2.49. The van der Waals surface area contributed by atoms with Crippen LogP contribution >= 0.6 is 0 Å². The predicted octanol–water partition coefficient (Wildman–Crippen LogP) is 1.98. The van der Waals surface area contributed by atoms with Crippen LogP contribution in [0.25, 0.3) is 0 Å². The lowest BCUT2D eigenvalue weighted by atomic mass is 10.1. The molecule has 23 heavy (non-hydrogen) atoms. The minimum absolute atomic E-state index is 0. The second-order valence-corrected chi connectivity index (χ2v) is 3.83. The van der Waals surface area contributed by atoms with Gasteiger partial charge in [-0.05, 0) is 12.1 Å². The number of hydrogen-bond donors (Lipinski definition) is 2. The van der Waals surface area contributed by atoms with Crippen LogP contribution in [0.2, 0.25) is 0 Å². The lowest BCUT2D eigenvalue weighted by molar-refractivity contribution is 0.0320. The summed E-state index contributed by atoms with van der Waals surface area (Å²) in [5.74, 6) is -1.49. The van der Waals surface area contributed by atoms with Gasteiger partial charge in [0.2, 0.25) is 0 Å². The molecule has 0 aromatic heterocycles. The molecule has 0 unspecified atom stereocenters. The van der Waals surface area contributed by atoms with E-state index in [0.717, 1.165) is 0 Å². The van der Waals surface area contributed by atoms with Crippen molar-refractivity contribution in [2.75, 3.05) is 34.9 Å². The van der Waals surface area contributed by atoms with Gasteiger partial charge < -0.3 is 29.4 Å². The van der Waals surface area contributed by atoms with Gasteiger partial charge in [-0.25, -0.2) is 4.79 Å². The zero-order valence-electron chi connectivity index (χ0n) is 12.0. The standard InChI is InChI=1S/C13H17NO7.2CH4/c1-14-12(15)8-4-10(20-6-18-2)11(21-7-19-3)5-9(8)13(16)17;;/h4-5H,6-7H2,1-3H3,(H,14,15)(H,16,17);2*1H4. The smallest absolute Gasteiger partial charge is 0.336 e.